The molecule has 1 heterocycles. The number of nitrogens with zero attached hydrogens (tertiary/aromatic N) is 1. The Kier molecular flexibility index (Phi) is 6.41. The zero-order chi connectivity index (χ0) is 16.8. The van der Waals surface area contributed by atoms with Gasteiger partial charge in [0.05, 0.1) is 5.02 Å². The Morgan fingerprint density at radius 2 is 2.30 bits per heavy atom. The molecular formula is C15H17ClFN3O2S. The van der Waals surface area contributed by atoms with E-state index < -0.39 is 11.1 Å². The molecule has 0 bridgehead atoms. The summed E-state index contributed by atoms with van der Waals surface area (Å²) in [4.78, 5) is 28.1. The first-order chi connectivity index (χ1) is 11.0. The lowest BCUT2D eigenvalue weighted by Gasteiger charge is -2.08. The molecule has 1 fully saturated rings. The number of amides is 2. The second-order valence-electron chi connectivity index (χ2n) is 5.02. The Morgan fingerprint density at radius 3 is 3.00 bits per heavy atom. The van der Waals surface area contributed by atoms with Crippen LogP contribution in [0.4, 0.5) is 10.1 Å². The fourth-order valence-corrected chi connectivity index (χ4v) is 3.08. The number of anilines is 1. The van der Waals surface area contributed by atoms with Crippen LogP contribution in [0.15, 0.2) is 23.2 Å². The number of nitrogens with one attached hydrogen (secondary N) is 2. The van der Waals surface area contributed by atoms with Crippen LogP contribution in [0.5, 0.6) is 0 Å². The summed E-state index contributed by atoms with van der Waals surface area (Å²) in [5.74, 6) is -1.11. The highest BCUT2D eigenvalue weighted by molar-refractivity contribution is 8.15. The van der Waals surface area contributed by atoms with Crippen molar-refractivity contribution >= 4 is 46.0 Å². The third-order valence-electron chi connectivity index (χ3n) is 3.12. The van der Waals surface area contributed by atoms with E-state index in [0.717, 1.165) is 12.8 Å². The van der Waals surface area contributed by atoms with Gasteiger partial charge < -0.3 is 10.6 Å². The average Bonchev–Trinajstić information content (AvgIpc) is 2.83. The standard InChI is InChI=1S/C15H17ClFN3O2S/c1-2-3-6-18-15-20-14(22)12(23-15)8-13(21)19-9-4-5-11(17)10(16)7-9/h4-5,7,12H,2-3,6,8H2,1H3,(H,19,21)(H,18,20,22). The summed E-state index contributed by atoms with van der Waals surface area (Å²) in [6.07, 6.45) is 2.00. The average molecular weight is 358 g/mol. The summed E-state index contributed by atoms with van der Waals surface area (Å²) in [6, 6.07) is 3.92. The summed E-state index contributed by atoms with van der Waals surface area (Å²) in [6.45, 7) is 2.72. The minimum Gasteiger partial charge on any atom is -0.326 e. The summed E-state index contributed by atoms with van der Waals surface area (Å²) in [7, 11) is 0. The maximum absolute atomic E-state index is 13.1. The monoisotopic (exact) mass is 357 g/mol. The van der Waals surface area contributed by atoms with E-state index in [0.29, 0.717) is 17.4 Å². The molecule has 1 aliphatic rings. The van der Waals surface area contributed by atoms with Gasteiger partial charge in [0.1, 0.15) is 11.1 Å². The predicted octanol–water partition coefficient (Wildman–Crippen LogP) is 3.20. The Balaban J connectivity index is 1.88. The number of carbonyl (C=O) groups is 2. The first-order valence-corrected chi connectivity index (χ1v) is 8.52. The summed E-state index contributed by atoms with van der Waals surface area (Å²) < 4.78 is 13.1. The highest BCUT2D eigenvalue weighted by atomic mass is 35.5. The van der Waals surface area contributed by atoms with Gasteiger partial charge in [-0.15, -0.1) is 0 Å². The van der Waals surface area contributed by atoms with E-state index in [1.54, 1.807) is 0 Å². The number of amidine groups is 1. The molecule has 1 atom stereocenters. The van der Waals surface area contributed by atoms with Gasteiger partial charge in [-0.2, -0.15) is 0 Å². The van der Waals surface area contributed by atoms with Crippen molar-refractivity contribution in [3.8, 4) is 0 Å². The fraction of sp³-hybridized carbons (Fsp3) is 0.400. The van der Waals surface area contributed by atoms with Crippen LogP contribution in [0.1, 0.15) is 26.2 Å². The van der Waals surface area contributed by atoms with Gasteiger partial charge in [-0.05, 0) is 24.6 Å². The second kappa shape index (κ2) is 8.31. The molecule has 2 N–H and O–H groups in total. The normalized spacial score (nSPS) is 19.0. The van der Waals surface area contributed by atoms with Gasteiger partial charge in [-0.25, -0.2) is 4.39 Å². The van der Waals surface area contributed by atoms with Crippen LogP contribution < -0.4 is 10.6 Å². The zero-order valence-electron chi connectivity index (χ0n) is 12.6. The Labute approximate surface area is 143 Å². The van der Waals surface area contributed by atoms with E-state index in [1.165, 1.54) is 30.0 Å². The topological polar surface area (TPSA) is 70.6 Å². The van der Waals surface area contributed by atoms with E-state index in [1.807, 2.05) is 0 Å². The minimum atomic E-state index is -0.552. The van der Waals surface area contributed by atoms with E-state index in [2.05, 4.69) is 22.5 Å². The second-order valence-corrected chi connectivity index (χ2v) is 6.62. The number of aliphatic imine (C=N–C) groups is 1. The van der Waals surface area contributed by atoms with Gasteiger partial charge in [-0.3, -0.25) is 14.6 Å². The van der Waals surface area contributed by atoms with Crippen LogP contribution in [0.3, 0.4) is 0 Å². The fourth-order valence-electron chi connectivity index (χ4n) is 1.91. The summed E-state index contributed by atoms with van der Waals surface area (Å²) >= 11 is 6.92. The molecule has 1 aromatic carbocycles. The lowest BCUT2D eigenvalue weighted by molar-refractivity contribution is -0.122. The lowest BCUT2D eigenvalue weighted by atomic mass is 10.2. The largest absolute Gasteiger partial charge is 0.326 e. The molecule has 124 valence electrons. The summed E-state index contributed by atoms with van der Waals surface area (Å²) in [5, 5.41) is 5.26. The van der Waals surface area contributed by atoms with Crippen molar-refractivity contribution in [2.45, 2.75) is 31.4 Å². The molecule has 1 unspecified atom stereocenters. The number of rotatable bonds is 6. The third-order valence-corrected chi connectivity index (χ3v) is 4.53. The van der Waals surface area contributed by atoms with Crippen LogP contribution in [0.25, 0.3) is 0 Å². The lowest BCUT2D eigenvalue weighted by Crippen LogP contribution is -2.28. The molecule has 0 spiro atoms. The van der Waals surface area contributed by atoms with E-state index in [4.69, 9.17) is 11.6 Å². The number of unbranched alkanes of at least 4 members (excludes halogenated alkanes) is 1. The van der Waals surface area contributed by atoms with Crippen LogP contribution >= 0.6 is 23.4 Å². The highest BCUT2D eigenvalue weighted by Crippen LogP contribution is 2.24. The van der Waals surface area contributed by atoms with Gasteiger partial charge in [0, 0.05) is 18.7 Å². The van der Waals surface area contributed by atoms with Crippen molar-refractivity contribution in [3.05, 3.63) is 29.0 Å². The van der Waals surface area contributed by atoms with Crippen molar-refractivity contribution in [2.75, 3.05) is 11.9 Å². The molecular weight excluding hydrogens is 341 g/mol. The van der Waals surface area contributed by atoms with Gasteiger partial charge in [0.2, 0.25) is 11.8 Å². The molecule has 1 aliphatic heterocycles. The maximum Gasteiger partial charge on any atom is 0.240 e. The van der Waals surface area contributed by atoms with Crippen LogP contribution in [0.2, 0.25) is 5.02 Å². The van der Waals surface area contributed by atoms with Crippen molar-refractivity contribution < 1.29 is 14.0 Å². The van der Waals surface area contributed by atoms with Gasteiger partial charge in [-0.1, -0.05) is 36.7 Å². The molecule has 23 heavy (non-hydrogen) atoms. The minimum absolute atomic E-state index is 0.0122. The number of carbonyl (C=O) groups excluding carboxylic acids is 2. The smallest absolute Gasteiger partial charge is 0.240 e. The summed E-state index contributed by atoms with van der Waals surface area (Å²) in [5.41, 5.74) is 0.390. The molecule has 0 radical (unpaired) electrons. The van der Waals surface area contributed by atoms with E-state index in [9.17, 15) is 14.0 Å². The van der Waals surface area contributed by atoms with Gasteiger partial charge in [0.25, 0.3) is 0 Å². The quantitative estimate of drug-likeness (QED) is 0.768. The molecule has 0 aliphatic carbocycles. The third kappa shape index (κ3) is 5.21. The number of halogens is 2. The Bertz CT molecular complexity index is 639. The van der Waals surface area contributed by atoms with Crippen LogP contribution in [0, 0.1) is 5.82 Å². The molecule has 1 aromatic rings. The molecule has 0 saturated carbocycles. The zero-order valence-corrected chi connectivity index (χ0v) is 14.1. The van der Waals surface area contributed by atoms with E-state index in [-0.39, 0.29) is 23.3 Å². The molecule has 8 heteroatoms. The van der Waals surface area contributed by atoms with E-state index >= 15 is 0 Å². The van der Waals surface area contributed by atoms with Gasteiger partial charge in [0.15, 0.2) is 5.17 Å². The number of benzene rings is 1. The Morgan fingerprint density at radius 1 is 1.52 bits per heavy atom. The number of thioether (sulfide) groups is 1. The SMILES string of the molecule is CCCCN=C1NC(=O)C(CC(=O)Nc2ccc(F)c(Cl)c2)S1. The Hall–Kier alpha value is -1.60. The molecule has 2 amide bonds. The van der Waals surface area contributed by atoms with Crippen LogP contribution in [-0.2, 0) is 9.59 Å². The predicted molar refractivity (Wildman–Crippen MR) is 91.4 cm³/mol. The number of hydrogen-bond acceptors (Lipinski definition) is 4. The van der Waals surface area contributed by atoms with Gasteiger partial charge >= 0.3 is 0 Å². The first kappa shape index (κ1) is 17.7. The first-order valence-electron chi connectivity index (χ1n) is 7.26. The maximum atomic E-state index is 13.1. The van der Waals surface area contributed by atoms with Crippen molar-refractivity contribution in [1.82, 2.24) is 5.32 Å². The van der Waals surface area contributed by atoms with Crippen molar-refractivity contribution in [1.29, 1.82) is 0 Å². The van der Waals surface area contributed by atoms with Crippen molar-refractivity contribution in [3.63, 3.8) is 0 Å². The van der Waals surface area contributed by atoms with Crippen LogP contribution in [-0.4, -0.2) is 28.8 Å². The molecule has 2 rings (SSSR count). The highest BCUT2D eigenvalue weighted by Gasteiger charge is 2.31. The molecule has 1 saturated heterocycles. The molecule has 5 nitrogen and oxygen atoms in total. The number of hydrogen-bond donors (Lipinski definition) is 2. The molecule has 0 aromatic heterocycles. The van der Waals surface area contributed by atoms with Crippen molar-refractivity contribution in [2.24, 2.45) is 4.99 Å².